The highest BCUT2D eigenvalue weighted by Crippen LogP contribution is 2.32. The Hall–Kier alpha value is -1.62. The van der Waals surface area contributed by atoms with E-state index in [1.165, 1.54) is 22.9 Å². The lowest BCUT2D eigenvalue weighted by Crippen LogP contribution is -2.38. The maximum absolute atomic E-state index is 4.12. The van der Waals surface area contributed by atoms with E-state index in [-0.39, 0.29) is 0 Å². The monoisotopic (exact) mass is 246 g/mol. The Bertz CT molecular complexity index is 497. The number of fused-ring (bicyclic) bond motifs is 1. The molecule has 0 spiro atoms. The molecule has 0 N–H and O–H groups in total. The highest BCUT2D eigenvalue weighted by molar-refractivity contribution is 7.03. The van der Waals surface area contributed by atoms with Crippen molar-refractivity contribution in [2.45, 2.75) is 6.54 Å². The molecule has 1 aliphatic heterocycles. The molecule has 0 amide bonds. The van der Waals surface area contributed by atoms with Gasteiger partial charge in [0.1, 0.15) is 0 Å². The molecule has 0 unspecified atom stereocenters. The van der Waals surface area contributed by atoms with E-state index in [9.17, 15) is 0 Å². The molecule has 0 saturated carbocycles. The summed E-state index contributed by atoms with van der Waals surface area (Å²) in [6, 6.07) is 8.51. The third-order valence-electron chi connectivity index (χ3n) is 3.10. The Morgan fingerprint density at radius 1 is 1.24 bits per heavy atom. The van der Waals surface area contributed by atoms with Crippen LogP contribution in [0.25, 0.3) is 0 Å². The lowest BCUT2D eigenvalue weighted by atomic mass is 10.1. The number of hydrogen-bond donors (Lipinski definition) is 0. The van der Waals surface area contributed by atoms with Crippen molar-refractivity contribution in [2.75, 3.05) is 29.9 Å². The van der Waals surface area contributed by atoms with Crippen molar-refractivity contribution in [3.8, 4) is 0 Å². The average Bonchev–Trinajstić information content (AvgIpc) is 2.86. The lowest BCUT2D eigenvalue weighted by Gasteiger charge is -2.36. The van der Waals surface area contributed by atoms with Gasteiger partial charge in [-0.05, 0) is 23.7 Å². The summed E-state index contributed by atoms with van der Waals surface area (Å²) in [5.41, 5.74) is 3.63. The normalized spacial score (nSPS) is 14.9. The number of para-hydroxylation sites is 2. The van der Waals surface area contributed by atoms with Gasteiger partial charge in [0.05, 0.1) is 23.6 Å². The number of benzene rings is 1. The van der Waals surface area contributed by atoms with E-state index in [0.717, 1.165) is 25.3 Å². The summed E-state index contributed by atoms with van der Waals surface area (Å²) >= 11 is 1.41. The first-order valence-corrected chi connectivity index (χ1v) is 6.49. The van der Waals surface area contributed by atoms with Crippen LogP contribution in [0.5, 0.6) is 0 Å². The molecule has 0 radical (unpaired) electrons. The smallest absolute Gasteiger partial charge is 0.0948 e. The minimum atomic E-state index is 0.849. The molecular weight excluding hydrogens is 232 g/mol. The summed E-state index contributed by atoms with van der Waals surface area (Å²) in [5, 5.41) is 6.13. The van der Waals surface area contributed by atoms with Gasteiger partial charge in [-0.2, -0.15) is 0 Å². The predicted octanol–water partition coefficient (Wildman–Crippen LogP) is 1.99. The van der Waals surface area contributed by atoms with Crippen molar-refractivity contribution < 1.29 is 0 Å². The first-order chi connectivity index (χ1) is 8.34. The van der Waals surface area contributed by atoms with Crippen molar-refractivity contribution >= 4 is 22.9 Å². The molecule has 5 heteroatoms. The molecule has 4 nitrogen and oxygen atoms in total. The molecule has 0 bridgehead atoms. The third kappa shape index (κ3) is 1.98. The molecule has 0 atom stereocenters. The van der Waals surface area contributed by atoms with Crippen LogP contribution >= 0.6 is 11.5 Å². The highest BCUT2D eigenvalue weighted by atomic mass is 32.1. The minimum Gasteiger partial charge on any atom is -0.371 e. The molecular formula is C12H14N4S. The van der Waals surface area contributed by atoms with Gasteiger partial charge in [-0.15, -0.1) is 5.10 Å². The van der Waals surface area contributed by atoms with Crippen LogP contribution in [-0.4, -0.2) is 29.7 Å². The van der Waals surface area contributed by atoms with Gasteiger partial charge in [0, 0.05) is 25.5 Å². The fraction of sp³-hybridized carbons (Fsp3) is 0.333. The maximum Gasteiger partial charge on any atom is 0.0948 e. The van der Waals surface area contributed by atoms with E-state index >= 15 is 0 Å². The van der Waals surface area contributed by atoms with E-state index in [1.807, 2.05) is 5.38 Å². The number of hydrogen-bond acceptors (Lipinski definition) is 5. The van der Waals surface area contributed by atoms with Gasteiger partial charge in [0.25, 0.3) is 0 Å². The minimum absolute atomic E-state index is 0.849. The quantitative estimate of drug-likeness (QED) is 0.811. The van der Waals surface area contributed by atoms with Crippen LogP contribution in [0.4, 0.5) is 11.4 Å². The lowest BCUT2D eigenvalue weighted by molar-refractivity contribution is 0.723. The molecule has 2 heterocycles. The summed E-state index contributed by atoms with van der Waals surface area (Å²) in [7, 11) is 2.14. The molecule has 2 aromatic rings. The number of anilines is 2. The van der Waals surface area contributed by atoms with Crippen LogP contribution in [0.1, 0.15) is 5.69 Å². The fourth-order valence-corrected chi connectivity index (χ4v) is 2.62. The molecule has 0 saturated heterocycles. The number of aromatic nitrogens is 2. The van der Waals surface area contributed by atoms with Gasteiger partial charge in [-0.3, -0.25) is 0 Å². The van der Waals surface area contributed by atoms with Gasteiger partial charge in [0.15, 0.2) is 0 Å². The summed E-state index contributed by atoms with van der Waals surface area (Å²) in [4.78, 5) is 4.66. The summed E-state index contributed by atoms with van der Waals surface area (Å²) < 4.78 is 3.91. The first kappa shape index (κ1) is 10.5. The van der Waals surface area contributed by atoms with E-state index in [1.54, 1.807) is 0 Å². The largest absolute Gasteiger partial charge is 0.371 e. The Morgan fingerprint density at radius 3 is 2.82 bits per heavy atom. The van der Waals surface area contributed by atoms with Crippen molar-refractivity contribution in [3.05, 3.63) is 35.3 Å². The third-order valence-corrected chi connectivity index (χ3v) is 3.65. The molecule has 1 aromatic carbocycles. The van der Waals surface area contributed by atoms with Gasteiger partial charge in [-0.25, -0.2) is 0 Å². The van der Waals surface area contributed by atoms with Crippen molar-refractivity contribution in [1.29, 1.82) is 0 Å². The van der Waals surface area contributed by atoms with E-state index in [0.29, 0.717) is 0 Å². The Labute approximate surface area is 105 Å². The predicted molar refractivity (Wildman–Crippen MR) is 70.7 cm³/mol. The first-order valence-electron chi connectivity index (χ1n) is 5.65. The van der Waals surface area contributed by atoms with Crippen LogP contribution < -0.4 is 9.80 Å². The summed E-state index contributed by atoms with van der Waals surface area (Å²) in [5.74, 6) is 0. The van der Waals surface area contributed by atoms with Crippen molar-refractivity contribution in [2.24, 2.45) is 0 Å². The molecule has 17 heavy (non-hydrogen) atoms. The molecule has 0 aliphatic carbocycles. The summed E-state index contributed by atoms with van der Waals surface area (Å²) in [6.45, 7) is 2.93. The number of likely N-dealkylation sites (N-methyl/N-ethyl adjacent to an activating group) is 1. The zero-order chi connectivity index (χ0) is 11.7. The zero-order valence-corrected chi connectivity index (χ0v) is 10.5. The van der Waals surface area contributed by atoms with Crippen LogP contribution in [0.2, 0.25) is 0 Å². The fourth-order valence-electron chi connectivity index (χ4n) is 2.18. The second kappa shape index (κ2) is 4.33. The maximum atomic E-state index is 4.12. The van der Waals surface area contributed by atoms with Crippen LogP contribution in [-0.2, 0) is 6.54 Å². The van der Waals surface area contributed by atoms with Crippen LogP contribution in [0, 0.1) is 0 Å². The number of rotatable bonds is 2. The van der Waals surface area contributed by atoms with Crippen LogP contribution in [0.3, 0.4) is 0 Å². The summed E-state index contributed by atoms with van der Waals surface area (Å²) in [6.07, 6.45) is 0. The standard InChI is InChI=1S/C12H14N4S/c1-15-6-7-16(8-10-9-17-14-13-10)12-5-3-2-4-11(12)15/h2-5,9H,6-8H2,1H3. The molecule has 1 aliphatic rings. The second-order valence-corrected chi connectivity index (χ2v) is 4.84. The molecule has 88 valence electrons. The Kier molecular flexibility index (Phi) is 2.68. The van der Waals surface area contributed by atoms with Crippen LogP contribution in [0.15, 0.2) is 29.6 Å². The zero-order valence-electron chi connectivity index (χ0n) is 9.71. The Balaban J connectivity index is 1.90. The average molecular weight is 246 g/mol. The van der Waals surface area contributed by atoms with Crippen molar-refractivity contribution in [1.82, 2.24) is 9.59 Å². The van der Waals surface area contributed by atoms with Gasteiger partial charge in [-0.1, -0.05) is 16.6 Å². The topological polar surface area (TPSA) is 32.3 Å². The van der Waals surface area contributed by atoms with Crippen molar-refractivity contribution in [3.63, 3.8) is 0 Å². The molecule has 0 fully saturated rings. The second-order valence-electron chi connectivity index (χ2n) is 4.23. The molecule has 3 rings (SSSR count). The SMILES string of the molecule is CN1CCN(Cc2csnn2)c2ccccc21. The van der Waals surface area contributed by atoms with E-state index < -0.39 is 0 Å². The van der Waals surface area contributed by atoms with E-state index in [2.05, 4.69) is 50.7 Å². The number of nitrogens with zero attached hydrogens (tertiary/aromatic N) is 4. The highest BCUT2D eigenvalue weighted by Gasteiger charge is 2.20. The van der Waals surface area contributed by atoms with Gasteiger partial charge in [0.2, 0.25) is 0 Å². The van der Waals surface area contributed by atoms with Gasteiger partial charge >= 0.3 is 0 Å². The Morgan fingerprint density at radius 2 is 2.06 bits per heavy atom. The van der Waals surface area contributed by atoms with Gasteiger partial charge < -0.3 is 9.80 Å². The van der Waals surface area contributed by atoms with E-state index in [4.69, 9.17) is 0 Å². The molecule has 1 aromatic heterocycles.